The molecule has 0 fully saturated rings. The number of nitrogens with zero attached hydrogens (tertiary/aromatic N) is 1. The number of hydrogen-bond donors (Lipinski definition) is 1. The number of fused-ring (bicyclic) bond motifs is 5. The van der Waals surface area contributed by atoms with E-state index in [9.17, 15) is 4.79 Å². The summed E-state index contributed by atoms with van der Waals surface area (Å²) in [7, 11) is 0. The standard InChI is InChI=1S/C25H24N2O/c1-15-7-6-8-16(11-15)12-19-24-22(17-9-4-5-10-18(17)27-24)23-20(26-19)13-25(2,3)14-21(23)28/h4-11,27H,12-14H2,1-3H3. The van der Waals surface area contributed by atoms with Gasteiger partial charge in [0.2, 0.25) is 0 Å². The van der Waals surface area contributed by atoms with Crippen LogP contribution in [0.15, 0.2) is 48.5 Å². The summed E-state index contributed by atoms with van der Waals surface area (Å²) in [6.45, 7) is 6.44. The van der Waals surface area contributed by atoms with Crippen LogP contribution in [0.3, 0.4) is 0 Å². The maximum atomic E-state index is 13.1. The molecule has 2 heterocycles. The van der Waals surface area contributed by atoms with Gasteiger partial charge in [0.05, 0.1) is 16.9 Å². The fourth-order valence-electron chi connectivity index (χ4n) is 4.65. The van der Waals surface area contributed by atoms with E-state index in [-0.39, 0.29) is 11.2 Å². The van der Waals surface area contributed by atoms with Crippen molar-refractivity contribution in [3.8, 4) is 0 Å². The van der Waals surface area contributed by atoms with Crippen LogP contribution in [0.2, 0.25) is 0 Å². The Morgan fingerprint density at radius 3 is 2.71 bits per heavy atom. The Balaban J connectivity index is 1.81. The fraction of sp³-hybridized carbons (Fsp3) is 0.280. The maximum Gasteiger partial charge on any atom is 0.165 e. The van der Waals surface area contributed by atoms with Gasteiger partial charge in [-0.1, -0.05) is 61.9 Å². The summed E-state index contributed by atoms with van der Waals surface area (Å²) in [6.07, 6.45) is 2.17. The number of benzene rings is 2. The molecular formula is C25H24N2O. The van der Waals surface area contributed by atoms with Gasteiger partial charge in [0, 0.05) is 34.7 Å². The van der Waals surface area contributed by atoms with Crippen LogP contribution in [-0.4, -0.2) is 15.8 Å². The first-order valence-corrected chi connectivity index (χ1v) is 9.92. The lowest BCUT2D eigenvalue weighted by Gasteiger charge is -2.30. The highest BCUT2D eigenvalue weighted by Gasteiger charge is 2.34. The zero-order valence-electron chi connectivity index (χ0n) is 16.6. The molecule has 2 aromatic heterocycles. The number of pyridine rings is 1. The van der Waals surface area contributed by atoms with E-state index in [1.54, 1.807) is 0 Å². The summed E-state index contributed by atoms with van der Waals surface area (Å²) in [6, 6.07) is 16.8. The predicted molar refractivity (Wildman–Crippen MR) is 114 cm³/mol. The molecular weight excluding hydrogens is 344 g/mol. The Labute approximate surface area is 164 Å². The number of ketones is 1. The average molecular weight is 368 g/mol. The van der Waals surface area contributed by atoms with E-state index in [0.717, 1.165) is 51.6 Å². The van der Waals surface area contributed by atoms with Crippen molar-refractivity contribution >= 4 is 27.6 Å². The third-order valence-corrected chi connectivity index (χ3v) is 5.82. The molecule has 1 N–H and O–H groups in total. The highest BCUT2D eigenvalue weighted by Crippen LogP contribution is 2.40. The first kappa shape index (κ1) is 17.2. The Kier molecular flexibility index (Phi) is 3.70. The van der Waals surface area contributed by atoms with Gasteiger partial charge in [-0.15, -0.1) is 0 Å². The number of aromatic amines is 1. The van der Waals surface area contributed by atoms with Crippen molar-refractivity contribution in [3.05, 3.63) is 76.6 Å². The first-order valence-electron chi connectivity index (χ1n) is 9.92. The summed E-state index contributed by atoms with van der Waals surface area (Å²) >= 11 is 0. The number of carbonyl (C=O) groups excluding carboxylic acids is 1. The van der Waals surface area contributed by atoms with E-state index >= 15 is 0 Å². The van der Waals surface area contributed by atoms with Crippen LogP contribution in [-0.2, 0) is 12.8 Å². The Bertz CT molecular complexity index is 1250. The van der Waals surface area contributed by atoms with Crippen molar-refractivity contribution < 1.29 is 4.79 Å². The lowest BCUT2D eigenvalue weighted by molar-refractivity contribution is 0.0912. The van der Waals surface area contributed by atoms with E-state index in [1.807, 2.05) is 12.1 Å². The lowest BCUT2D eigenvalue weighted by atomic mass is 9.74. The zero-order valence-corrected chi connectivity index (χ0v) is 16.6. The fourth-order valence-corrected chi connectivity index (χ4v) is 4.65. The Hall–Kier alpha value is -2.94. The smallest absolute Gasteiger partial charge is 0.165 e. The highest BCUT2D eigenvalue weighted by atomic mass is 16.1. The molecule has 0 saturated carbocycles. The molecule has 0 aliphatic heterocycles. The van der Waals surface area contributed by atoms with Crippen molar-refractivity contribution in [2.75, 3.05) is 0 Å². The van der Waals surface area contributed by atoms with Gasteiger partial charge in [-0.05, 0) is 30.4 Å². The van der Waals surface area contributed by atoms with Gasteiger partial charge in [0.15, 0.2) is 5.78 Å². The van der Waals surface area contributed by atoms with Crippen molar-refractivity contribution in [2.24, 2.45) is 5.41 Å². The summed E-state index contributed by atoms with van der Waals surface area (Å²) < 4.78 is 0. The van der Waals surface area contributed by atoms with Crippen molar-refractivity contribution in [3.63, 3.8) is 0 Å². The minimum atomic E-state index is -0.0442. The van der Waals surface area contributed by atoms with Crippen LogP contribution in [0.4, 0.5) is 0 Å². The van der Waals surface area contributed by atoms with E-state index in [2.05, 4.69) is 62.2 Å². The Morgan fingerprint density at radius 1 is 1.07 bits per heavy atom. The molecule has 140 valence electrons. The maximum absolute atomic E-state index is 13.1. The van der Waals surface area contributed by atoms with Gasteiger partial charge in [-0.25, -0.2) is 0 Å². The Morgan fingerprint density at radius 2 is 1.89 bits per heavy atom. The van der Waals surface area contributed by atoms with Crippen LogP contribution >= 0.6 is 0 Å². The third kappa shape index (κ3) is 2.73. The first-order chi connectivity index (χ1) is 13.4. The van der Waals surface area contributed by atoms with Crippen molar-refractivity contribution in [2.45, 2.75) is 40.0 Å². The third-order valence-electron chi connectivity index (χ3n) is 5.82. The van der Waals surface area contributed by atoms with Crippen molar-refractivity contribution in [1.82, 2.24) is 9.97 Å². The number of nitrogens with one attached hydrogen (secondary N) is 1. The number of para-hydroxylation sites is 1. The van der Waals surface area contributed by atoms with Gasteiger partial charge >= 0.3 is 0 Å². The van der Waals surface area contributed by atoms with E-state index in [1.165, 1.54) is 11.1 Å². The minimum Gasteiger partial charge on any atom is -0.353 e. The molecule has 3 heteroatoms. The monoisotopic (exact) mass is 368 g/mol. The molecule has 28 heavy (non-hydrogen) atoms. The largest absolute Gasteiger partial charge is 0.353 e. The van der Waals surface area contributed by atoms with Crippen LogP contribution in [0.5, 0.6) is 0 Å². The second-order valence-electron chi connectivity index (χ2n) is 8.91. The molecule has 0 spiro atoms. The normalized spacial score (nSPS) is 15.9. The molecule has 0 radical (unpaired) electrons. The van der Waals surface area contributed by atoms with Gasteiger partial charge in [-0.2, -0.15) is 0 Å². The molecule has 1 aliphatic rings. The molecule has 0 unspecified atom stereocenters. The number of rotatable bonds is 2. The average Bonchev–Trinajstić information content (AvgIpc) is 3.00. The quantitative estimate of drug-likeness (QED) is 0.488. The molecule has 1 aliphatic carbocycles. The second-order valence-corrected chi connectivity index (χ2v) is 8.91. The summed E-state index contributed by atoms with van der Waals surface area (Å²) in [5.41, 5.74) is 7.35. The van der Waals surface area contributed by atoms with Gasteiger partial charge in [-0.3, -0.25) is 9.78 Å². The van der Waals surface area contributed by atoms with Crippen LogP contribution in [0.25, 0.3) is 21.8 Å². The van der Waals surface area contributed by atoms with Crippen LogP contribution in [0.1, 0.15) is 53.1 Å². The molecule has 2 aromatic carbocycles. The molecule has 0 atom stereocenters. The number of Topliss-reactive ketones (excluding diaryl/α,β-unsaturated/α-hetero) is 1. The minimum absolute atomic E-state index is 0.0442. The zero-order chi connectivity index (χ0) is 19.5. The second kappa shape index (κ2) is 6.03. The number of carbonyl (C=O) groups is 1. The SMILES string of the molecule is Cc1cccc(Cc2nc3c(c4c2[nH]c2ccccc24)C(=O)CC(C)(C)C3)c1. The molecule has 0 bridgehead atoms. The van der Waals surface area contributed by atoms with Gasteiger partial charge < -0.3 is 4.98 Å². The number of aryl methyl sites for hydroxylation is 1. The number of aromatic nitrogens is 2. The number of H-pyrrole nitrogens is 1. The molecule has 0 saturated heterocycles. The predicted octanol–water partition coefficient (Wildman–Crippen LogP) is 5.77. The van der Waals surface area contributed by atoms with Crippen molar-refractivity contribution in [1.29, 1.82) is 0 Å². The van der Waals surface area contributed by atoms with Crippen LogP contribution in [0, 0.1) is 12.3 Å². The summed E-state index contributed by atoms with van der Waals surface area (Å²) in [4.78, 5) is 21.7. The number of hydrogen-bond acceptors (Lipinski definition) is 2. The highest BCUT2D eigenvalue weighted by molar-refractivity contribution is 6.19. The summed E-state index contributed by atoms with van der Waals surface area (Å²) in [5.74, 6) is 0.218. The molecule has 5 rings (SSSR count). The molecule has 4 aromatic rings. The summed E-state index contributed by atoms with van der Waals surface area (Å²) in [5, 5.41) is 2.18. The van der Waals surface area contributed by atoms with Gasteiger partial charge in [0.1, 0.15) is 0 Å². The van der Waals surface area contributed by atoms with E-state index < -0.39 is 0 Å². The van der Waals surface area contributed by atoms with E-state index in [0.29, 0.717) is 6.42 Å². The molecule has 0 amide bonds. The lowest BCUT2D eigenvalue weighted by Crippen LogP contribution is -2.28. The van der Waals surface area contributed by atoms with E-state index in [4.69, 9.17) is 4.98 Å². The van der Waals surface area contributed by atoms with Gasteiger partial charge in [0.25, 0.3) is 0 Å². The topological polar surface area (TPSA) is 45.8 Å². The van der Waals surface area contributed by atoms with Crippen LogP contribution < -0.4 is 0 Å². The molecule has 3 nitrogen and oxygen atoms in total.